The van der Waals surface area contributed by atoms with Crippen LogP contribution in [-0.2, 0) is 0 Å². The van der Waals surface area contributed by atoms with Crippen molar-refractivity contribution in [1.29, 1.82) is 0 Å². The van der Waals surface area contributed by atoms with Crippen LogP contribution in [0, 0.1) is 22.1 Å². The van der Waals surface area contributed by atoms with E-state index in [0.29, 0.717) is 18.5 Å². The van der Waals surface area contributed by atoms with Gasteiger partial charge in [0.05, 0.1) is 29.0 Å². The van der Waals surface area contributed by atoms with Crippen LogP contribution in [0.4, 0.5) is 20.2 Å². The zero-order valence-corrected chi connectivity index (χ0v) is 18.3. The lowest BCUT2D eigenvalue weighted by Gasteiger charge is -2.28. The van der Waals surface area contributed by atoms with E-state index in [-0.39, 0.29) is 12.2 Å². The normalized spacial score (nSPS) is 15.1. The minimum atomic E-state index is -1.69. The van der Waals surface area contributed by atoms with Crippen LogP contribution < -0.4 is 10.6 Å². The van der Waals surface area contributed by atoms with Crippen LogP contribution in [0.5, 0.6) is 0 Å². The highest BCUT2D eigenvalue weighted by atomic mass is 127. The molecule has 0 atom stereocenters. The highest BCUT2D eigenvalue weighted by Gasteiger charge is 2.36. The molecule has 9 heteroatoms. The molecule has 0 radical (unpaired) electrons. The smallest absolute Gasteiger partial charge is 0.338 e. The van der Waals surface area contributed by atoms with Crippen molar-refractivity contribution in [3.8, 4) is 0 Å². The highest BCUT2D eigenvalue weighted by molar-refractivity contribution is 14.1. The van der Waals surface area contributed by atoms with Gasteiger partial charge in [0.15, 0.2) is 11.6 Å². The van der Waals surface area contributed by atoms with Crippen LogP contribution in [0.2, 0.25) is 0 Å². The average molecular weight is 530 g/mol. The summed E-state index contributed by atoms with van der Waals surface area (Å²) >= 11 is 2.11. The predicted octanol–water partition coefficient (Wildman–Crippen LogP) is 4.35. The molecule has 0 heterocycles. The van der Waals surface area contributed by atoms with Crippen LogP contribution in [0.25, 0.3) is 0 Å². The topological polar surface area (TPSA) is 98.7 Å². The third-order valence-electron chi connectivity index (χ3n) is 5.37. The first-order valence-electron chi connectivity index (χ1n) is 9.39. The van der Waals surface area contributed by atoms with Crippen LogP contribution in [-0.4, -0.2) is 34.2 Å². The van der Waals surface area contributed by atoms with Gasteiger partial charge in [-0.05, 0) is 72.2 Å². The summed E-state index contributed by atoms with van der Waals surface area (Å²) in [6, 6.07) is 6.06. The molecule has 1 amide bonds. The van der Waals surface area contributed by atoms with Gasteiger partial charge < -0.3 is 20.8 Å². The Hall–Kier alpha value is -2.27. The number of anilines is 2. The van der Waals surface area contributed by atoms with Crippen molar-refractivity contribution in [2.24, 2.45) is 0 Å². The Morgan fingerprint density at radius 1 is 1.13 bits per heavy atom. The maximum Gasteiger partial charge on any atom is 0.338 e. The third-order valence-corrected chi connectivity index (χ3v) is 6.04. The molecule has 0 aliphatic heterocycles. The molecule has 160 valence electrons. The summed E-state index contributed by atoms with van der Waals surface area (Å²) in [5.74, 6) is -5.47. The molecule has 0 bridgehead atoms. The summed E-state index contributed by atoms with van der Waals surface area (Å²) in [4.78, 5) is 24.4. The number of aryl methyl sites for hydroxylation is 1. The van der Waals surface area contributed by atoms with Crippen LogP contribution in [0.1, 0.15) is 52.0 Å². The first-order valence-corrected chi connectivity index (χ1v) is 10.5. The average Bonchev–Trinajstić information content (AvgIpc) is 3.16. The van der Waals surface area contributed by atoms with Crippen molar-refractivity contribution in [2.45, 2.75) is 38.1 Å². The quantitative estimate of drug-likeness (QED) is 0.417. The Kier molecular flexibility index (Phi) is 6.61. The first kappa shape index (κ1) is 22.4. The number of carboxylic acid groups (broad SMARTS) is 1. The van der Waals surface area contributed by atoms with E-state index in [1.165, 1.54) is 0 Å². The number of nitrogens with one attached hydrogen (secondary N) is 2. The molecule has 1 aliphatic rings. The van der Waals surface area contributed by atoms with Gasteiger partial charge in [-0.25, -0.2) is 13.6 Å². The minimum absolute atomic E-state index is 0.298. The number of hydrogen-bond acceptors (Lipinski definition) is 4. The van der Waals surface area contributed by atoms with E-state index in [1.54, 1.807) is 19.1 Å². The molecule has 1 aliphatic carbocycles. The van der Waals surface area contributed by atoms with E-state index < -0.39 is 40.3 Å². The number of carbonyl (C=O) groups excluding carboxylic acids is 1. The first-order chi connectivity index (χ1) is 14.2. The summed E-state index contributed by atoms with van der Waals surface area (Å²) in [6.45, 7) is 1.47. The van der Waals surface area contributed by atoms with Gasteiger partial charge in [0.1, 0.15) is 0 Å². The Labute approximate surface area is 185 Å². The highest BCUT2D eigenvalue weighted by Crippen LogP contribution is 2.33. The van der Waals surface area contributed by atoms with Crippen molar-refractivity contribution in [3.05, 3.63) is 56.2 Å². The lowest BCUT2D eigenvalue weighted by molar-refractivity contribution is 0.0690. The fourth-order valence-corrected chi connectivity index (χ4v) is 4.31. The summed E-state index contributed by atoms with van der Waals surface area (Å²) < 4.78 is 30.2. The fourth-order valence-electron chi connectivity index (χ4n) is 3.67. The summed E-state index contributed by atoms with van der Waals surface area (Å²) in [7, 11) is 0. The Morgan fingerprint density at radius 3 is 2.37 bits per heavy atom. The SMILES string of the molecule is Cc1cc(I)ccc1Nc1c(C(=O)NC2(CO)CCCC2)cc(C(=O)O)c(F)c1F. The zero-order valence-electron chi connectivity index (χ0n) is 16.2. The molecule has 2 aromatic carbocycles. The van der Waals surface area contributed by atoms with E-state index in [2.05, 4.69) is 33.2 Å². The van der Waals surface area contributed by atoms with Crippen molar-refractivity contribution in [1.82, 2.24) is 5.32 Å². The number of hydrogen-bond donors (Lipinski definition) is 4. The number of carbonyl (C=O) groups is 2. The monoisotopic (exact) mass is 530 g/mol. The van der Waals surface area contributed by atoms with Crippen molar-refractivity contribution >= 4 is 45.8 Å². The van der Waals surface area contributed by atoms with Crippen molar-refractivity contribution in [3.63, 3.8) is 0 Å². The number of aromatic carboxylic acids is 1. The Bertz CT molecular complexity index is 1010. The number of carboxylic acids is 1. The summed E-state index contributed by atoms with van der Waals surface area (Å²) in [5, 5.41) is 24.4. The van der Waals surface area contributed by atoms with E-state index >= 15 is 0 Å². The van der Waals surface area contributed by atoms with Gasteiger partial charge in [0.25, 0.3) is 5.91 Å². The maximum atomic E-state index is 14.9. The molecule has 1 fully saturated rings. The minimum Gasteiger partial charge on any atom is -0.478 e. The van der Waals surface area contributed by atoms with Gasteiger partial charge in [0.2, 0.25) is 0 Å². The molecule has 2 aromatic rings. The standard InChI is InChI=1S/C21H21F2IN2O4/c1-11-8-12(24)4-5-15(11)25-18-14(9-13(20(29)30)16(22)17(18)23)19(28)26-21(10-27)6-2-3-7-21/h4-5,8-9,25,27H,2-3,6-7,10H2,1H3,(H,26,28)(H,29,30). The molecular weight excluding hydrogens is 509 g/mol. The third kappa shape index (κ3) is 4.41. The number of aliphatic hydroxyl groups excluding tert-OH is 1. The van der Waals surface area contributed by atoms with E-state index in [1.807, 2.05) is 6.07 Å². The summed E-state index contributed by atoms with van der Waals surface area (Å²) in [5.41, 5.74) is -1.41. The van der Waals surface area contributed by atoms with E-state index in [9.17, 15) is 28.6 Å². The van der Waals surface area contributed by atoms with Crippen molar-refractivity contribution < 1.29 is 28.6 Å². The van der Waals surface area contributed by atoms with E-state index in [4.69, 9.17) is 0 Å². The van der Waals surface area contributed by atoms with Gasteiger partial charge in [-0.1, -0.05) is 12.8 Å². The molecule has 1 saturated carbocycles. The molecular formula is C21H21F2IN2O4. The lowest BCUT2D eigenvalue weighted by Crippen LogP contribution is -2.49. The van der Waals surface area contributed by atoms with Crippen LogP contribution in [0.3, 0.4) is 0 Å². The van der Waals surface area contributed by atoms with Gasteiger partial charge in [0, 0.05) is 9.26 Å². The van der Waals surface area contributed by atoms with E-state index in [0.717, 1.165) is 28.0 Å². The van der Waals surface area contributed by atoms with Crippen molar-refractivity contribution in [2.75, 3.05) is 11.9 Å². The number of benzene rings is 2. The van der Waals surface area contributed by atoms with Gasteiger partial charge >= 0.3 is 5.97 Å². The second kappa shape index (κ2) is 8.84. The number of halogens is 3. The molecule has 3 rings (SSSR count). The van der Waals surface area contributed by atoms with Gasteiger partial charge in [-0.2, -0.15) is 0 Å². The number of aliphatic hydroxyl groups is 1. The molecule has 0 saturated heterocycles. The second-order valence-electron chi connectivity index (χ2n) is 7.46. The molecule has 4 N–H and O–H groups in total. The maximum absolute atomic E-state index is 14.9. The largest absolute Gasteiger partial charge is 0.478 e. The summed E-state index contributed by atoms with van der Waals surface area (Å²) in [6.07, 6.45) is 2.71. The Morgan fingerprint density at radius 2 is 1.80 bits per heavy atom. The molecule has 0 unspecified atom stereocenters. The molecule has 0 spiro atoms. The molecule has 6 nitrogen and oxygen atoms in total. The fraction of sp³-hybridized carbons (Fsp3) is 0.333. The Balaban J connectivity index is 2.09. The second-order valence-corrected chi connectivity index (χ2v) is 8.71. The predicted molar refractivity (Wildman–Crippen MR) is 116 cm³/mol. The number of amides is 1. The van der Waals surface area contributed by atoms with Gasteiger partial charge in [-0.3, -0.25) is 4.79 Å². The molecule has 0 aromatic heterocycles. The number of rotatable bonds is 6. The van der Waals surface area contributed by atoms with Crippen LogP contribution >= 0.6 is 22.6 Å². The van der Waals surface area contributed by atoms with Crippen LogP contribution in [0.15, 0.2) is 24.3 Å². The lowest BCUT2D eigenvalue weighted by atomic mass is 9.97. The van der Waals surface area contributed by atoms with Gasteiger partial charge in [-0.15, -0.1) is 0 Å². The molecule has 30 heavy (non-hydrogen) atoms. The zero-order chi connectivity index (χ0) is 22.1.